The van der Waals surface area contributed by atoms with Crippen LogP contribution in [-0.2, 0) is 19.3 Å². The van der Waals surface area contributed by atoms with E-state index in [1.807, 2.05) is 11.1 Å². The quantitative estimate of drug-likeness (QED) is 0.769. The molecule has 1 aromatic carbocycles. The van der Waals surface area contributed by atoms with E-state index >= 15 is 0 Å². The number of thiophene rings is 1. The summed E-state index contributed by atoms with van der Waals surface area (Å²) in [6.45, 7) is 6.34. The fraction of sp³-hybridized carbons (Fsp3) is 0.500. The molecule has 27 heavy (non-hydrogen) atoms. The van der Waals surface area contributed by atoms with Gasteiger partial charge in [-0.1, -0.05) is 38.1 Å². The summed E-state index contributed by atoms with van der Waals surface area (Å²) in [4.78, 5) is 14.4. The number of aryl methyl sites for hydroxylation is 1. The van der Waals surface area contributed by atoms with Gasteiger partial charge in [-0.3, -0.25) is 5.84 Å². The molecule has 0 radical (unpaired) electrons. The summed E-state index contributed by atoms with van der Waals surface area (Å²) in [5.74, 6) is 5.69. The first-order valence-corrected chi connectivity index (χ1v) is 10.6. The monoisotopic (exact) mass is 384 g/mol. The van der Waals surface area contributed by atoms with E-state index < -0.39 is 5.97 Å². The number of hydrazine groups is 1. The molecule has 2 heterocycles. The first-order chi connectivity index (χ1) is 12.8. The molecular formula is C22H28N2O2S. The van der Waals surface area contributed by atoms with Crippen molar-refractivity contribution in [2.45, 2.75) is 46.0 Å². The van der Waals surface area contributed by atoms with E-state index in [4.69, 9.17) is 5.84 Å². The Bertz CT molecular complexity index is 871. The molecule has 1 aliphatic carbocycles. The summed E-state index contributed by atoms with van der Waals surface area (Å²) in [5.41, 5.74) is 4.13. The van der Waals surface area contributed by atoms with Crippen molar-refractivity contribution in [1.29, 1.82) is 0 Å². The lowest BCUT2D eigenvalue weighted by Gasteiger charge is -2.29. The van der Waals surface area contributed by atoms with Gasteiger partial charge in [0.05, 0.1) is 5.56 Å². The normalized spacial score (nSPS) is 22.0. The van der Waals surface area contributed by atoms with Crippen molar-refractivity contribution in [2.75, 3.05) is 13.1 Å². The molecule has 0 bridgehead atoms. The predicted molar refractivity (Wildman–Crippen MR) is 110 cm³/mol. The number of hydrogen-bond donors (Lipinski definition) is 2. The maximum absolute atomic E-state index is 12.2. The molecule has 4 nitrogen and oxygen atoms in total. The predicted octanol–water partition coefficient (Wildman–Crippen LogP) is 4.37. The van der Waals surface area contributed by atoms with Gasteiger partial charge in [0.2, 0.25) is 0 Å². The van der Waals surface area contributed by atoms with Crippen molar-refractivity contribution in [3.8, 4) is 10.4 Å². The van der Waals surface area contributed by atoms with Crippen molar-refractivity contribution in [3.63, 3.8) is 0 Å². The molecule has 0 spiro atoms. The molecule has 1 atom stereocenters. The molecule has 2 aliphatic rings. The van der Waals surface area contributed by atoms with E-state index in [2.05, 4.69) is 32.0 Å². The average Bonchev–Trinajstić information content (AvgIpc) is 3.17. The summed E-state index contributed by atoms with van der Waals surface area (Å²) in [5, 5.41) is 11.9. The SMILES string of the molecule is CC1(C)CCc2sc(-c3ccccc3C[C@H]3CCN(N)C3)c(C(=O)O)c2C1. The number of nitrogens with zero attached hydrogens (tertiary/aromatic N) is 1. The van der Waals surface area contributed by atoms with Crippen LogP contribution in [0.1, 0.15) is 53.1 Å². The first kappa shape index (κ1) is 18.7. The standard InChI is InChI=1S/C22H28N2O2S/c1-22(2)9-7-18-17(12-22)19(21(25)26)20(27-18)16-6-4-3-5-15(16)11-14-8-10-24(23)13-14/h3-6,14H,7-13,23H2,1-2H3,(H,25,26)/t14-/m1/s1. The number of rotatable bonds is 4. The zero-order valence-corrected chi connectivity index (χ0v) is 16.9. The zero-order valence-electron chi connectivity index (χ0n) is 16.1. The largest absolute Gasteiger partial charge is 0.478 e. The summed E-state index contributed by atoms with van der Waals surface area (Å²) in [6.07, 6.45) is 5.02. The Morgan fingerprint density at radius 3 is 2.85 bits per heavy atom. The molecule has 0 unspecified atom stereocenters. The second kappa shape index (κ2) is 7.04. The van der Waals surface area contributed by atoms with E-state index in [-0.39, 0.29) is 5.41 Å². The molecule has 1 aromatic heterocycles. The Morgan fingerprint density at radius 2 is 2.15 bits per heavy atom. The summed E-state index contributed by atoms with van der Waals surface area (Å²) >= 11 is 1.70. The Labute approximate surface area is 165 Å². The van der Waals surface area contributed by atoms with Gasteiger partial charge in [0.15, 0.2) is 0 Å². The van der Waals surface area contributed by atoms with Crippen LogP contribution in [0.15, 0.2) is 24.3 Å². The first-order valence-electron chi connectivity index (χ1n) is 9.80. The number of nitrogens with two attached hydrogens (primary N) is 1. The summed E-state index contributed by atoms with van der Waals surface area (Å²) < 4.78 is 0. The van der Waals surface area contributed by atoms with E-state index in [1.54, 1.807) is 11.3 Å². The van der Waals surface area contributed by atoms with Crippen LogP contribution < -0.4 is 5.84 Å². The Balaban J connectivity index is 1.76. The molecule has 2 aromatic rings. The minimum atomic E-state index is -0.788. The van der Waals surface area contributed by atoms with Crippen LogP contribution in [0.4, 0.5) is 0 Å². The maximum Gasteiger partial charge on any atom is 0.337 e. The van der Waals surface area contributed by atoms with E-state index in [1.165, 1.54) is 10.4 Å². The Kier molecular flexibility index (Phi) is 4.87. The van der Waals surface area contributed by atoms with Crippen LogP contribution in [0.3, 0.4) is 0 Å². The molecule has 3 N–H and O–H groups in total. The third kappa shape index (κ3) is 3.68. The highest BCUT2D eigenvalue weighted by atomic mass is 32.1. The molecule has 144 valence electrons. The molecule has 1 aliphatic heterocycles. The highest BCUT2D eigenvalue weighted by molar-refractivity contribution is 7.16. The van der Waals surface area contributed by atoms with Crippen LogP contribution >= 0.6 is 11.3 Å². The van der Waals surface area contributed by atoms with Gasteiger partial charge in [0.25, 0.3) is 0 Å². The fourth-order valence-corrected chi connectivity index (χ4v) is 5.97. The topological polar surface area (TPSA) is 66.6 Å². The number of benzene rings is 1. The van der Waals surface area contributed by atoms with E-state index in [0.717, 1.165) is 61.2 Å². The lowest BCUT2D eigenvalue weighted by atomic mass is 9.75. The highest BCUT2D eigenvalue weighted by Crippen LogP contribution is 2.46. The van der Waals surface area contributed by atoms with Gasteiger partial charge in [-0.25, -0.2) is 9.80 Å². The van der Waals surface area contributed by atoms with Gasteiger partial charge in [0.1, 0.15) is 0 Å². The fourth-order valence-electron chi connectivity index (χ4n) is 4.60. The van der Waals surface area contributed by atoms with Gasteiger partial charge in [0, 0.05) is 22.8 Å². The van der Waals surface area contributed by atoms with Crippen LogP contribution in [-0.4, -0.2) is 29.2 Å². The van der Waals surface area contributed by atoms with Gasteiger partial charge in [-0.2, -0.15) is 0 Å². The molecule has 5 heteroatoms. The van der Waals surface area contributed by atoms with E-state index in [9.17, 15) is 9.90 Å². The third-order valence-corrected chi connectivity index (χ3v) is 7.40. The zero-order chi connectivity index (χ0) is 19.2. The minimum absolute atomic E-state index is 0.170. The number of aromatic carboxylic acids is 1. The van der Waals surface area contributed by atoms with Crippen LogP contribution in [0.25, 0.3) is 10.4 Å². The Hall–Kier alpha value is -1.69. The van der Waals surface area contributed by atoms with Gasteiger partial charge in [-0.05, 0) is 60.1 Å². The van der Waals surface area contributed by atoms with E-state index in [0.29, 0.717) is 11.5 Å². The van der Waals surface area contributed by atoms with Crippen molar-refractivity contribution in [1.82, 2.24) is 5.01 Å². The van der Waals surface area contributed by atoms with Crippen molar-refractivity contribution >= 4 is 17.3 Å². The number of hydrogen-bond acceptors (Lipinski definition) is 4. The molecule has 0 saturated carbocycles. The molecule has 4 rings (SSSR count). The number of carbonyl (C=O) groups is 1. The summed E-state index contributed by atoms with van der Waals surface area (Å²) in [7, 11) is 0. The molecule has 1 saturated heterocycles. The van der Waals surface area contributed by atoms with Gasteiger partial charge >= 0.3 is 5.97 Å². The average molecular weight is 385 g/mol. The van der Waals surface area contributed by atoms with Crippen molar-refractivity contribution in [2.24, 2.45) is 17.2 Å². The van der Waals surface area contributed by atoms with Gasteiger partial charge in [-0.15, -0.1) is 11.3 Å². The highest BCUT2D eigenvalue weighted by Gasteiger charge is 2.33. The maximum atomic E-state index is 12.2. The van der Waals surface area contributed by atoms with Crippen molar-refractivity contribution in [3.05, 3.63) is 45.8 Å². The van der Waals surface area contributed by atoms with Gasteiger partial charge < -0.3 is 5.11 Å². The lowest BCUT2D eigenvalue weighted by molar-refractivity contribution is 0.0696. The lowest BCUT2D eigenvalue weighted by Crippen LogP contribution is -2.28. The second-order valence-electron chi connectivity index (χ2n) is 8.86. The number of carboxylic acid groups (broad SMARTS) is 1. The van der Waals surface area contributed by atoms with Crippen LogP contribution in [0, 0.1) is 11.3 Å². The summed E-state index contributed by atoms with van der Waals surface area (Å²) in [6, 6.07) is 8.34. The molecular weight excluding hydrogens is 356 g/mol. The van der Waals surface area contributed by atoms with Crippen LogP contribution in [0.2, 0.25) is 0 Å². The Morgan fingerprint density at radius 1 is 1.37 bits per heavy atom. The minimum Gasteiger partial charge on any atom is -0.478 e. The van der Waals surface area contributed by atoms with Crippen molar-refractivity contribution < 1.29 is 9.90 Å². The van der Waals surface area contributed by atoms with Crippen LogP contribution in [0.5, 0.6) is 0 Å². The third-order valence-electron chi connectivity index (χ3n) is 6.08. The number of carboxylic acids is 1. The number of fused-ring (bicyclic) bond motifs is 1. The molecule has 1 fully saturated rings. The smallest absolute Gasteiger partial charge is 0.337 e. The second-order valence-corrected chi connectivity index (χ2v) is 9.97. The molecule has 0 amide bonds.